The lowest BCUT2D eigenvalue weighted by atomic mass is 10.1. The highest BCUT2D eigenvalue weighted by atomic mass is 32.1. The molecule has 10 heteroatoms. The van der Waals surface area contributed by atoms with Gasteiger partial charge in [0, 0.05) is 43.9 Å². The number of nitrogens with one attached hydrogen (secondary N) is 1. The highest BCUT2D eigenvalue weighted by Gasteiger charge is 2.33. The molecule has 1 aromatic carbocycles. The number of amides is 2. The van der Waals surface area contributed by atoms with E-state index in [9.17, 15) is 27.6 Å². The zero-order valence-electron chi connectivity index (χ0n) is 17.6. The second-order valence-electron chi connectivity index (χ2n) is 7.58. The molecule has 0 atom stereocenters. The van der Waals surface area contributed by atoms with E-state index in [0.717, 1.165) is 10.9 Å². The van der Waals surface area contributed by atoms with Gasteiger partial charge in [-0.15, -0.1) is 11.3 Å². The number of benzene rings is 1. The van der Waals surface area contributed by atoms with Crippen LogP contribution in [0.1, 0.15) is 33.0 Å². The molecule has 2 amide bonds. The predicted molar refractivity (Wildman–Crippen MR) is 116 cm³/mol. The summed E-state index contributed by atoms with van der Waals surface area (Å²) >= 11 is 1.41. The van der Waals surface area contributed by atoms with Crippen LogP contribution in [0.5, 0.6) is 0 Å². The smallest absolute Gasteiger partial charge is 0.340 e. The van der Waals surface area contributed by atoms with E-state index >= 15 is 0 Å². The first-order valence-electron chi connectivity index (χ1n) is 10.2. The molecule has 172 valence electrons. The van der Waals surface area contributed by atoms with E-state index in [1.165, 1.54) is 29.5 Å². The van der Waals surface area contributed by atoms with Gasteiger partial charge in [-0.1, -0.05) is 12.1 Å². The summed E-state index contributed by atoms with van der Waals surface area (Å²) in [5.74, 6) is -0.709. The third-order valence-corrected chi connectivity index (χ3v) is 6.22. The molecule has 0 bridgehead atoms. The Morgan fingerprint density at radius 1 is 1.00 bits per heavy atom. The van der Waals surface area contributed by atoms with Crippen molar-refractivity contribution in [1.29, 1.82) is 0 Å². The number of alkyl halides is 3. The lowest BCUT2D eigenvalue weighted by Crippen LogP contribution is -2.50. The van der Waals surface area contributed by atoms with Crippen LogP contribution in [0.3, 0.4) is 0 Å². The maximum Gasteiger partial charge on any atom is 0.418 e. The minimum absolute atomic E-state index is 0.0501. The highest BCUT2D eigenvalue weighted by molar-refractivity contribution is 7.14. The van der Waals surface area contributed by atoms with E-state index in [2.05, 4.69) is 5.32 Å². The van der Waals surface area contributed by atoms with Crippen LogP contribution >= 0.6 is 11.3 Å². The molecule has 1 N–H and O–H groups in total. The summed E-state index contributed by atoms with van der Waals surface area (Å²) in [4.78, 5) is 42.0. The second-order valence-corrected chi connectivity index (χ2v) is 8.87. The number of ketones is 1. The van der Waals surface area contributed by atoms with E-state index in [1.807, 2.05) is 13.0 Å². The molecule has 0 unspecified atom stereocenters. The fourth-order valence-corrected chi connectivity index (χ4v) is 4.31. The molecule has 6 nitrogen and oxygen atoms in total. The Hall–Kier alpha value is -2.72. The van der Waals surface area contributed by atoms with Gasteiger partial charge in [0.2, 0.25) is 11.8 Å². The van der Waals surface area contributed by atoms with Crippen LogP contribution in [0.2, 0.25) is 0 Å². The number of carbonyl (C=O) groups is 3. The fraction of sp³-hybridized carbons (Fsp3) is 0.409. The number of aryl methyl sites for hydroxylation is 1. The van der Waals surface area contributed by atoms with Crippen molar-refractivity contribution in [2.24, 2.45) is 0 Å². The Labute approximate surface area is 188 Å². The van der Waals surface area contributed by atoms with Gasteiger partial charge < -0.3 is 10.2 Å². The Morgan fingerprint density at radius 2 is 1.69 bits per heavy atom. The van der Waals surface area contributed by atoms with Crippen LogP contribution in [0.25, 0.3) is 0 Å². The molecule has 1 aliphatic heterocycles. The molecule has 2 aromatic rings. The van der Waals surface area contributed by atoms with Crippen molar-refractivity contribution in [3.05, 3.63) is 51.7 Å². The number of nitrogens with zero attached hydrogens (tertiary/aromatic N) is 2. The van der Waals surface area contributed by atoms with Gasteiger partial charge in [0.25, 0.3) is 0 Å². The molecular weight excluding hydrogens is 443 g/mol. The van der Waals surface area contributed by atoms with Gasteiger partial charge in [0.05, 0.1) is 22.7 Å². The van der Waals surface area contributed by atoms with E-state index in [1.54, 1.807) is 15.9 Å². The Balaban J connectivity index is 1.43. The highest BCUT2D eigenvalue weighted by Crippen LogP contribution is 2.34. The Morgan fingerprint density at radius 3 is 2.31 bits per heavy atom. The van der Waals surface area contributed by atoms with E-state index in [0.29, 0.717) is 31.1 Å². The molecule has 1 fully saturated rings. The predicted octanol–water partition coefficient (Wildman–Crippen LogP) is 3.82. The van der Waals surface area contributed by atoms with Crippen LogP contribution in [0.4, 0.5) is 18.9 Å². The van der Waals surface area contributed by atoms with Gasteiger partial charge in [-0.25, -0.2) is 0 Å². The summed E-state index contributed by atoms with van der Waals surface area (Å²) in [6.07, 6.45) is -4.27. The van der Waals surface area contributed by atoms with Crippen molar-refractivity contribution in [2.75, 3.05) is 38.0 Å². The van der Waals surface area contributed by atoms with Gasteiger partial charge in [-0.3, -0.25) is 19.3 Å². The van der Waals surface area contributed by atoms with Gasteiger partial charge in [0.15, 0.2) is 5.78 Å². The van der Waals surface area contributed by atoms with Crippen molar-refractivity contribution < 1.29 is 27.6 Å². The lowest BCUT2D eigenvalue weighted by Gasteiger charge is -2.34. The minimum atomic E-state index is -4.56. The summed E-state index contributed by atoms with van der Waals surface area (Å²) in [6.45, 7) is 3.51. The molecule has 3 rings (SSSR count). The summed E-state index contributed by atoms with van der Waals surface area (Å²) in [5.41, 5.74) is -1.17. The van der Waals surface area contributed by atoms with Crippen LogP contribution in [-0.4, -0.2) is 60.1 Å². The first-order valence-corrected chi connectivity index (χ1v) is 11.0. The van der Waals surface area contributed by atoms with Crippen molar-refractivity contribution in [3.63, 3.8) is 0 Å². The van der Waals surface area contributed by atoms with E-state index in [-0.39, 0.29) is 36.8 Å². The zero-order chi connectivity index (χ0) is 23.3. The molecule has 0 spiro atoms. The molecule has 0 saturated carbocycles. The Bertz CT molecular complexity index is 982. The number of hydrogen-bond acceptors (Lipinski definition) is 5. The van der Waals surface area contributed by atoms with Crippen LogP contribution in [0, 0.1) is 6.92 Å². The monoisotopic (exact) mass is 467 g/mol. The third-order valence-electron chi connectivity index (χ3n) is 5.18. The molecule has 1 saturated heterocycles. The first-order chi connectivity index (χ1) is 15.1. The standard InChI is InChI=1S/C22H24F3N3O3S/c1-15-6-8-19(32-15)18(29)7-9-21(31)28-12-10-27(11-13-28)14-20(30)26-17-5-3-2-4-16(17)22(23,24)25/h2-6,8H,7,9-14H2,1H3,(H,26,30). The summed E-state index contributed by atoms with van der Waals surface area (Å²) < 4.78 is 39.2. The molecular formula is C22H24F3N3O3S. The number of carbonyl (C=O) groups excluding carboxylic acids is 3. The summed E-state index contributed by atoms with van der Waals surface area (Å²) in [6, 6.07) is 8.48. The van der Waals surface area contributed by atoms with Crippen LogP contribution in [-0.2, 0) is 15.8 Å². The second kappa shape index (κ2) is 10.3. The first kappa shape index (κ1) is 23.9. The zero-order valence-corrected chi connectivity index (χ0v) is 18.4. The van der Waals surface area contributed by atoms with Crippen molar-refractivity contribution in [1.82, 2.24) is 9.80 Å². The molecule has 1 aromatic heterocycles. The van der Waals surface area contributed by atoms with E-state index < -0.39 is 17.6 Å². The number of hydrogen-bond donors (Lipinski definition) is 1. The summed E-state index contributed by atoms with van der Waals surface area (Å²) in [5, 5.41) is 2.33. The molecule has 0 radical (unpaired) electrons. The maximum absolute atomic E-state index is 13.1. The number of halogens is 3. The van der Waals surface area contributed by atoms with Crippen LogP contribution in [0.15, 0.2) is 36.4 Å². The normalized spacial score (nSPS) is 14.9. The largest absolute Gasteiger partial charge is 0.418 e. The topological polar surface area (TPSA) is 69.7 Å². The van der Waals surface area contributed by atoms with Crippen molar-refractivity contribution in [3.8, 4) is 0 Å². The van der Waals surface area contributed by atoms with Gasteiger partial charge in [-0.2, -0.15) is 13.2 Å². The average molecular weight is 468 g/mol. The van der Waals surface area contributed by atoms with Crippen molar-refractivity contribution in [2.45, 2.75) is 25.9 Å². The number of para-hydroxylation sites is 1. The number of anilines is 1. The van der Waals surface area contributed by atoms with Gasteiger partial charge >= 0.3 is 6.18 Å². The minimum Gasteiger partial charge on any atom is -0.340 e. The number of thiophene rings is 1. The fourth-order valence-electron chi connectivity index (χ4n) is 3.47. The third kappa shape index (κ3) is 6.39. The van der Waals surface area contributed by atoms with Gasteiger partial charge in [-0.05, 0) is 31.2 Å². The lowest BCUT2D eigenvalue weighted by molar-refractivity contribution is -0.137. The molecule has 2 heterocycles. The SMILES string of the molecule is Cc1ccc(C(=O)CCC(=O)N2CCN(CC(=O)Nc3ccccc3C(F)(F)F)CC2)s1. The van der Waals surface area contributed by atoms with E-state index in [4.69, 9.17) is 0 Å². The molecule has 0 aliphatic carbocycles. The number of Topliss-reactive ketones (excluding diaryl/α,β-unsaturated/α-hetero) is 1. The Kier molecular flexibility index (Phi) is 7.68. The van der Waals surface area contributed by atoms with Crippen LogP contribution < -0.4 is 5.32 Å². The number of piperazine rings is 1. The molecule has 32 heavy (non-hydrogen) atoms. The van der Waals surface area contributed by atoms with Crippen molar-refractivity contribution >= 4 is 34.6 Å². The maximum atomic E-state index is 13.1. The molecule has 1 aliphatic rings. The number of rotatable bonds is 7. The summed E-state index contributed by atoms with van der Waals surface area (Å²) in [7, 11) is 0. The van der Waals surface area contributed by atoms with Gasteiger partial charge in [0.1, 0.15) is 0 Å². The quantitative estimate of drug-likeness (QED) is 0.629. The average Bonchev–Trinajstić information content (AvgIpc) is 3.18.